The molecule has 0 aromatic heterocycles. The smallest absolute Gasteiger partial charge is 0.408 e. The maximum absolute atomic E-state index is 12.6. The summed E-state index contributed by atoms with van der Waals surface area (Å²) in [6, 6.07) is 9.77. The summed E-state index contributed by atoms with van der Waals surface area (Å²) in [7, 11) is -2.04. The summed E-state index contributed by atoms with van der Waals surface area (Å²) in [5, 5.41) is 6.55. The molecule has 7 heteroatoms. The number of nitrogens with one attached hydrogen (secondary N) is 2. The zero-order valence-corrected chi connectivity index (χ0v) is 20.9. The Labute approximate surface area is 183 Å². The monoisotopic (exact) mass is 436 g/mol. The fraction of sp³-hybridized carbons (Fsp3) is 0.696. The maximum Gasteiger partial charge on any atom is 0.408 e. The van der Waals surface area contributed by atoms with Crippen LogP contribution in [0.5, 0.6) is 0 Å². The Kier molecular flexibility index (Phi) is 8.13. The lowest BCUT2D eigenvalue weighted by molar-refractivity contribution is -0.0411. The van der Waals surface area contributed by atoms with E-state index in [1.54, 1.807) is 0 Å². The standard InChI is InChI=1S/C23H40N2O4Si/c1-22(2,3)28-21(26)25-20-18(27-16-17-12-10-9-11-13-17)14-24-15-19(20)29-30(7,8)23(4,5)6/h9-13,18-20,24H,14-16H2,1-8H3,(H,25,26)/t18-,19+,20+/m0/s1. The van der Waals surface area contributed by atoms with Gasteiger partial charge in [0, 0.05) is 13.1 Å². The van der Waals surface area contributed by atoms with Gasteiger partial charge in [-0.1, -0.05) is 51.1 Å². The normalized spacial score (nSPS) is 23.1. The van der Waals surface area contributed by atoms with Gasteiger partial charge in [-0.2, -0.15) is 0 Å². The molecule has 1 fully saturated rings. The Morgan fingerprint density at radius 3 is 2.23 bits per heavy atom. The number of carbonyl (C=O) groups excluding carboxylic acids is 1. The van der Waals surface area contributed by atoms with Crippen LogP contribution < -0.4 is 10.6 Å². The third-order valence-electron chi connectivity index (χ3n) is 5.73. The highest BCUT2D eigenvalue weighted by atomic mass is 28.4. The summed E-state index contributed by atoms with van der Waals surface area (Å²) < 4.78 is 18.5. The molecule has 1 aliphatic rings. The predicted molar refractivity (Wildman–Crippen MR) is 123 cm³/mol. The van der Waals surface area contributed by atoms with Gasteiger partial charge in [0.2, 0.25) is 0 Å². The van der Waals surface area contributed by atoms with Gasteiger partial charge in [-0.3, -0.25) is 0 Å². The van der Waals surface area contributed by atoms with Crippen molar-refractivity contribution < 1.29 is 18.7 Å². The number of piperidine rings is 1. The van der Waals surface area contributed by atoms with E-state index < -0.39 is 20.0 Å². The quantitative estimate of drug-likeness (QED) is 0.645. The zero-order chi connectivity index (χ0) is 22.6. The minimum atomic E-state index is -2.04. The highest BCUT2D eigenvalue weighted by molar-refractivity contribution is 6.74. The van der Waals surface area contributed by atoms with Crippen LogP contribution in [0.4, 0.5) is 4.79 Å². The van der Waals surface area contributed by atoms with Crippen LogP contribution in [0.25, 0.3) is 0 Å². The average molecular weight is 437 g/mol. The summed E-state index contributed by atoms with van der Waals surface area (Å²) in [6.45, 7) is 18.5. The van der Waals surface area contributed by atoms with Crippen molar-refractivity contribution in [3.63, 3.8) is 0 Å². The van der Waals surface area contributed by atoms with Gasteiger partial charge in [0.05, 0.1) is 24.9 Å². The fourth-order valence-electron chi connectivity index (χ4n) is 3.10. The van der Waals surface area contributed by atoms with Gasteiger partial charge in [-0.15, -0.1) is 0 Å². The van der Waals surface area contributed by atoms with Crippen LogP contribution in [-0.4, -0.2) is 51.4 Å². The molecule has 30 heavy (non-hydrogen) atoms. The van der Waals surface area contributed by atoms with Crippen LogP contribution in [-0.2, 0) is 20.5 Å². The number of hydrogen-bond donors (Lipinski definition) is 2. The average Bonchev–Trinajstić information content (AvgIpc) is 2.60. The van der Waals surface area contributed by atoms with Gasteiger partial charge in [0.25, 0.3) is 0 Å². The van der Waals surface area contributed by atoms with Crippen molar-refractivity contribution in [3.05, 3.63) is 35.9 Å². The van der Waals surface area contributed by atoms with Crippen molar-refractivity contribution in [1.82, 2.24) is 10.6 Å². The number of benzene rings is 1. The number of carbonyl (C=O) groups is 1. The van der Waals surface area contributed by atoms with Gasteiger partial charge >= 0.3 is 6.09 Å². The number of rotatable bonds is 6. The second-order valence-corrected chi connectivity index (χ2v) is 15.3. The van der Waals surface area contributed by atoms with Gasteiger partial charge in [-0.25, -0.2) is 4.79 Å². The molecule has 170 valence electrons. The topological polar surface area (TPSA) is 68.8 Å². The summed E-state index contributed by atoms with van der Waals surface area (Å²) in [5.74, 6) is 0. The Morgan fingerprint density at radius 2 is 1.67 bits per heavy atom. The summed E-state index contributed by atoms with van der Waals surface area (Å²) in [5.41, 5.74) is 0.536. The highest BCUT2D eigenvalue weighted by Crippen LogP contribution is 2.38. The van der Waals surface area contributed by atoms with E-state index in [1.165, 1.54) is 0 Å². The lowest BCUT2D eigenvalue weighted by Crippen LogP contribution is -2.65. The second kappa shape index (κ2) is 9.81. The molecule has 1 aromatic rings. The molecule has 1 aromatic carbocycles. The summed E-state index contributed by atoms with van der Waals surface area (Å²) in [6.07, 6.45) is -0.847. The molecule has 0 spiro atoms. The lowest BCUT2D eigenvalue weighted by atomic mass is 10.0. The van der Waals surface area contributed by atoms with E-state index in [0.717, 1.165) is 5.56 Å². The Bertz CT molecular complexity index is 683. The van der Waals surface area contributed by atoms with Crippen molar-refractivity contribution in [1.29, 1.82) is 0 Å². The first kappa shape index (κ1) is 24.9. The third-order valence-corrected chi connectivity index (χ3v) is 10.2. The minimum absolute atomic E-state index is 0.0707. The van der Waals surface area contributed by atoms with E-state index in [1.807, 2.05) is 51.1 Å². The molecule has 6 nitrogen and oxygen atoms in total. The molecule has 2 N–H and O–H groups in total. The first-order valence-corrected chi connectivity index (χ1v) is 13.7. The van der Waals surface area contributed by atoms with Crippen molar-refractivity contribution >= 4 is 14.4 Å². The van der Waals surface area contributed by atoms with Crippen molar-refractivity contribution in [2.45, 2.75) is 90.1 Å². The number of alkyl carbamates (subject to hydrolysis) is 1. The fourth-order valence-corrected chi connectivity index (χ4v) is 4.44. The molecule has 0 aliphatic carbocycles. The maximum atomic E-state index is 12.6. The van der Waals surface area contributed by atoms with Gasteiger partial charge in [-0.05, 0) is 44.5 Å². The molecule has 0 bridgehead atoms. The number of amides is 1. The van der Waals surface area contributed by atoms with E-state index in [9.17, 15) is 4.79 Å². The minimum Gasteiger partial charge on any atom is -0.444 e. The van der Waals surface area contributed by atoms with Gasteiger partial charge < -0.3 is 24.5 Å². The second-order valence-electron chi connectivity index (χ2n) is 10.6. The molecule has 1 saturated heterocycles. The van der Waals surface area contributed by atoms with E-state index in [4.69, 9.17) is 13.9 Å². The number of hydrogen-bond acceptors (Lipinski definition) is 5. The molecular weight excluding hydrogens is 396 g/mol. The highest BCUT2D eigenvalue weighted by Gasteiger charge is 2.44. The van der Waals surface area contributed by atoms with E-state index in [2.05, 4.69) is 44.5 Å². The molecule has 3 atom stereocenters. The van der Waals surface area contributed by atoms with Crippen LogP contribution in [0.2, 0.25) is 18.1 Å². The first-order valence-electron chi connectivity index (χ1n) is 10.8. The van der Waals surface area contributed by atoms with Gasteiger partial charge in [0.15, 0.2) is 8.32 Å². The van der Waals surface area contributed by atoms with Crippen LogP contribution in [0.1, 0.15) is 47.1 Å². The van der Waals surface area contributed by atoms with E-state index in [0.29, 0.717) is 19.7 Å². The molecular formula is C23H40N2O4Si. The van der Waals surface area contributed by atoms with Crippen molar-refractivity contribution in [2.24, 2.45) is 0 Å². The van der Waals surface area contributed by atoms with Gasteiger partial charge in [0.1, 0.15) is 5.60 Å². The molecule has 1 amide bonds. The van der Waals surface area contributed by atoms with Crippen molar-refractivity contribution in [3.8, 4) is 0 Å². The van der Waals surface area contributed by atoms with Crippen LogP contribution in [0.15, 0.2) is 30.3 Å². The summed E-state index contributed by atoms with van der Waals surface area (Å²) in [4.78, 5) is 12.6. The lowest BCUT2D eigenvalue weighted by Gasteiger charge is -2.45. The van der Waals surface area contributed by atoms with E-state index >= 15 is 0 Å². The molecule has 1 aliphatic heterocycles. The predicted octanol–water partition coefficient (Wildman–Crippen LogP) is 4.46. The Morgan fingerprint density at radius 1 is 1.07 bits per heavy atom. The largest absolute Gasteiger partial charge is 0.444 e. The van der Waals surface area contributed by atoms with Crippen LogP contribution in [0.3, 0.4) is 0 Å². The Hall–Kier alpha value is -1.41. The molecule has 0 unspecified atom stereocenters. The Balaban J connectivity index is 2.17. The van der Waals surface area contributed by atoms with Crippen LogP contribution in [0, 0.1) is 0 Å². The molecule has 2 rings (SSSR count). The van der Waals surface area contributed by atoms with E-state index in [-0.39, 0.29) is 23.3 Å². The molecule has 0 radical (unpaired) electrons. The summed E-state index contributed by atoms with van der Waals surface area (Å²) >= 11 is 0. The number of ether oxygens (including phenoxy) is 2. The molecule has 1 heterocycles. The first-order chi connectivity index (χ1) is 13.8. The third kappa shape index (κ3) is 7.37. The zero-order valence-electron chi connectivity index (χ0n) is 19.9. The van der Waals surface area contributed by atoms with Crippen molar-refractivity contribution in [2.75, 3.05) is 13.1 Å². The molecule has 0 saturated carbocycles. The SMILES string of the molecule is CC(C)(C)OC(=O)N[C@@H]1[C@@H](OCc2ccccc2)CNC[C@H]1O[Si](C)(C)C(C)(C)C. The van der Waals surface area contributed by atoms with Crippen LogP contribution >= 0.6 is 0 Å².